The Hall–Kier alpha value is -3.71. The fourth-order valence-corrected chi connectivity index (χ4v) is 6.94. The lowest BCUT2D eigenvalue weighted by Crippen LogP contribution is -2.52. The van der Waals surface area contributed by atoms with Gasteiger partial charge in [-0.05, 0) is 55.7 Å². The molecule has 1 aliphatic heterocycles. The summed E-state index contributed by atoms with van der Waals surface area (Å²) < 4.78 is 39.9. The number of hydrogen-bond donors (Lipinski definition) is 3. The molecule has 0 unspecified atom stereocenters. The van der Waals surface area contributed by atoms with Gasteiger partial charge >= 0.3 is 0 Å². The van der Waals surface area contributed by atoms with Crippen molar-refractivity contribution in [2.75, 3.05) is 36.9 Å². The van der Waals surface area contributed by atoms with Crippen LogP contribution in [0.4, 0.5) is 10.2 Å². The van der Waals surface area contributed by atoms with Crippen LogP contribution in [0.2, 0.25) is 5.02 Å². The molecule has 3 aromatic heterocycles. The van der Waals surface area contributed by atoms with Gasteiger partial charge in [-0.25, -0.2) is 22.8 Å². The topological polar surface area (TPSA) is 137 Å². The van der Waals surface area contributed by atoms with E-state index in [1.807, 2.05) is 6.07 Å². The third-order valence-electron chi connectivity index (χ3n) is 7.91. The van der Waals surface area contributed by atoms with Gasteiger partial charge in [0.15, 0.2) is 9.84 Å². The molecule has 4 heterocycles. The summed E-state index contributed by atoms with van der Waals surface area (Å²) in [5.41, 5.74) is 2.55. The lowest BCUT2D eigenvalue weighted by atomic mass is 10.1. The number of hydrogen-bond acceptors (Lipinski definition) is 9. The molecule has 1 aromatic carbocycles. The number of aliphatic hydroxyl groups is 1. The van der Waals surface area contributed by atoms with Crippen molar-refractivity contribution in [3.05, 3.63) is 76.3 Å². The molecule has 0 atom stereocenters. The van der Waals surface area contributed by atoms with E-state index in [9.17, 15) is 17.6 Å². The van der Waals surface area contributed by atoms with Gasteiger partial charge in [0.1, 0.15) is 11.6 Å². The normalized spacial score (nSPS) is 16.0. The Bertz CT molecular complexity index is 1850. The summed E-state index contributed by atoms with van der Waals surface area (Å²) in [7, 11) is -3.82. The third kappa shape index (κ3) is 6.19. The largest absolute Gasteiger partial charge is 0.395 e. The molecule has 1 spiro atoms. The predicted octanol–water partition coefficient (Wildman–Crippen LogP) is 3.43. The van der Waals surface area contributed by atoms with Gasteiger partial charge in [0.2, 0.25) is 0 Å². The Kier molecular flexibility index (Phi) is 7.80. The molecular formula is C30H30ClFN6O4S. The summed E-state index contributed by atoms with van der Waals surface area (Å²) in [4.78, 5) is 28.8. The first-order valence-corrected chi connectivity index (χ1v) is 15.9. The number of piperazine rings is 1. The van der Waals surface area contributed by atoms with Crippen molar-refractivity contribution >= 4 is 44.1 Å². The number of fused-ring (bicyclic) bond motifs is 1. The highest BCUT2D eigenvalue weighted by Gasteiger charge is 2.45. The van der Waals surface area contributed by atoms with Crippen molar-refractivity contribution < 1.29 is 22.7 Å². The smallest absolute Gasteiger partial charge is 0.251 e. The maximum absolute atomic E-state index is 14.7. The number of aromatic nitrogens is 3. The lowest BCUT2D eigenvalue weighted by molar-refractivity contribution is 0.0950. The van der Waals surface area contributed by atoms with E-state index in [0.717, 1.165) is 37.9 Å². The van der Waals surface area contributed by atoms with Crippen LogP contribution < -0.4 is 15.5 Å². The Balaban J connectivity index is 1.21. The second-order valence-electron chi connectivity index (χ2n) is 11.0. The minimum Gasteiger partial charge on any atom is -0.395 e. The van der Waals surface area contributed by atoms with E-state index in [1.165, 1.54) is 24.3 Å². The predicted molar refractivity (Wildman–Crippen MR) is 161 cm³/mol. The average molecular weight is 625 g/mol. The third-order valence-corrected chi connectivity index (χ3v) is 10.1. The van der Waals surface area contributed by atoms with Crippen molar-refractivity contribution in [3.63, 3.8) is 0 Å². The molecular weight excluding hydrogens is 595 g/mol. The molecule has 224 valence electrons. The highest BCUT2D eigenvalue weighted by atomic mass is 35.5. The summed E-state index contributed by atoms with van der Waals surface area (Å²) in [6.45, 7) is 3.41. The van der Waals surface area contributed by atoms with E-state index in [0.29, 0.717) is 34.0 Å². The number of rotatable bonds is 8. The number of amides is 1. The molecule has 6 rings (SSSR count). The number of halogens is 2. The van der Waals surface area contributed by atoms with E-state index >= 15 is 0 Å². The number of aliphatic hydroxyl groups excluding tert-OH is 1. The molecule has 4 aromatic rings. The van der Waals surface area contributed by atoms with Crippen LogP contribution in [-0.2, 0) is 16.4 Å². The highest BCUT2D eigenvalue weighted by molar-refractivity contribution is 7.91. The first-order chi connectivity index (χ1) is 20.6. The van der Waals surface area contributed by atoms with Gasteiger partial charge in [0.25, 0.3) is 5.91 Å². The van der Waals surface area contributed by atoms with E-state index < -0.39 is 28.1 Å². The van der Waals surface area contributed by atoms with Gasteiger partial charge in [-0.2, -0.15) is 0 Å². The number of anilines is 1. The molecule has 0 radical (unpaired) electrons. The molecule has 1 saturated carbocycles. The van der Waals surface area contributed by atoms with Gasteiger partial charge in [-0.1, -0.05) is 11.6 Å². The second-order valence-corrected chi connectivity index (χ2v) is 13.5. The van der Waals surface area contributed by atoms with Gasteiger partial charge in [0, 0.05) is 59.5 Å². The SMILES string of the molecule is Cc1c(Cl)cc(C(=O)NCc2cc3nc(-c4cc(F)cc(N5CCNC6(CC6)C5)n4)ccc3cn2)cc1S(=O)(=O)CCO. The van der Waals surface area contributed by atoms with Crippen molar-refractivity contribution in [3.8, 4) is 11.4 Å². The summed E-state index contributed by atoms with van der Waals surface area (Å²) in [5, 5.41) is 16.3. The van der Waals surface area contributed by atoms with Crippen LogP contribution in [0.25, 0.3) is 22.3 Å². The van der Waals surface area contributed by atoms with Crippen molar-refractivity contribution in [2.24, 2.45) is 0 Å². The van der Waals surface area contributed by atoms with Crippen molar-refractivity contribution in [2.45, 2.75) is 36.7 Å². The Morgan fingerprint density at radius 1 is 1.16 bits per heavy atom. The first-order valence-electron chi connectivity index (χ1n) is 13.9. The summed E-state index contributed by atoms with van der Waals surface area (Å²) in [6, 6.07) is 10.8. The highest BCUT2D eigenvalue weighted by Crippen LogP contribution is 2.38. The van der Waals surface area contributed by atoms with Crippen LogP contribution in [0.1, 0.15) is 34.5 Å². The number of nitrogens with one attached hydrogen (secondary N) is 2. The maximum atomic E-state index is 14.7. The van der Waals surface area contributed by atoms with Crippen LogP contribution in [-0.4, -0.2) is 71.9 Å². The number of nitrogens with zero attached hydrogens (tertiary/aromatic N) is 4. The molecule has 2 fully saturated rings. The molecule has 13 heteroatoms. The van der Waals surface area contributed by atoms with E-state index in [2.05, 4.69) is 20.5 Å². The first kappa shape index (κ1) is 29.4. The van der Waals surface area contributed by atoms with Crippen LogP contribution >= 0.6 is 11.6 Å². The average Bonchev–Trinajstić information content (AvgIpc) is 3.73. The van der Waals surface area contributed by atoms with Gasteiger partial charge < -0.3 is 20.6 Å². The Labute approximate surface area is 253 Å². The van der Waals surface area contributed by atoms with Crippen molar-refractivity contribution in [1.29, 1.82) is 0 Å². The van der Waals surface area contributed by atoms with Gasteiger partial charge in [-0.15, -0.1) is 0 Å². The quantitative estimate of drug-likeness (QED) is 0.269. The van der Waals surface area contributed by atoms with E-state index in [4.69, 9.17) is 26.7 Å². The monoisotopic (exact) mass is 624 g/mol. The summed E-state index contributed by atoms with van der Waals surface area (Å²) >= 11 is 6.23. The van der Waals surface area contributed by atoms with Crippen LogP contribution in [0.15, 0.2) is 53.6 Å². The van der Waals surface area contributed by atoms with Gasteiger partial charge in [0.05, 0.1) is 46.4 Å². The zero-order chi connectivity index (χ0) is 30.4. The zero-order valence-corrected chi connectivity index (χ0v) is 25.0. The fraction of sp³-hybridized carbons (Fsp3) is 0.333. The number of carbonyl (C=O) groups excluding carboxylic acids is 1. The number of carbonyl (C=O) groups is 1. The van der Waals surface area contributed by atoms with E-state index in [-0.39, 0.29) is 33.4 Å². The maximum Gasteiger partial charge on any atom is 0.251 e. The number of sulfone groups is 1. The molecule has 43 heavy (non-hydrogen) atoms. The van der Waals surface area contributed by atoms with E-state index in [1.54, 1.807) is 25.3 Å². The van der Waals surface area contributed by atoms with Crippen molar-refractivity contribution in [1.82, 2.24) is 25.6 Å². The summed E-state index contributed by atoms with van der Waals surface area (Å²) in [6.07, 6.45) is 3.86. The zero-order valence-electron chi connectivity index (χ0n) is 23.4. The van der Waals surface area contributed by atoms with Crippen LogP contribution in [0.3, 0.4) is 0 Å². The molecule has 10 nitrogen and oxygen atoms in total. The number of benzene rings is 1. The minimum absolute atomic E-state index is 0.0397. The Morgan fingerprint density at radius 3 is 2.74 bits per heavy atom. The summed E-state index contributed by atoms with van der Waals surface area (Å²) in [5.74, 6) is -0.810. The van der Waals surface area contributed by atoms with Gasteiger partial charge in [-0.3, -0.25) is 9.78 Å². The van der Waals surface area contributed by atoms with Crippen LogP contribution in [0, 0.1) is 12.7 Å². The number of pyridine rings is 3. The molecule has 1 aliphatic carbocycles. The molecule has 3 N–H and O–H groups in total. The fourth-order valence-electron chi connectivity index (χ4n) is 5.32. The molecule has 1 saturated heterocycles. The molecule has 1 amide bonds. The van der Waals surface area contributed by atoms with Crippen LogP contribution in [0.5, 0.6) is 0 Å². The molecule has 2 aliphatic rings. The molecule has 0 bridgehead atoms. The second kappa shape index (κ2) is 11.4. The minimum atomic E-state index is -3.82. The standard InChI is InChI=1S/C30H30ClFN6O4S/c1-18-23(31)10-20(11-27(18)43(41,42)9-8-39)29(40)34-16-22-14-25-19(15-33-22)2-3-24(36-25)26-12-21(32)13-28(37-26)38-7-6-35-30(17-38)4-5-30/h2-3,10-15,35,39H,4-9,16-17H2,1H3,(H,34,40). The Morgan fingerprint density at radius 2 is 1.98 bits per heavy atom. The lowest BCUT2D eigenvalue weighted by Gasteiger charge is -2.35.